The molecule has 5 fully saturated rings. The maximum atomic E-state index is 13.2. The van der Waals surface area contributed by atoms with E-state index in [9.17, 15) is 14.7 Å². The predicted octanol–water partition coefficient (Wildman–Crippen LogP) is 5.27. The van der Waals surface area contributed by atoms with Crippen LogP contribution >= 0.6 is 0 Å². The van der Waals surface area contributed by atoms with E-state index in [1.54, 1.807) is 0 Å². The molecule has 0 aromatic rings. The van der Waals surface area contributed by atoms with Crippen LogP contribution in [-0.4, -0.2) is 35.9 Å². The van der Waals surface area contributed by atoms with Crippen molar-refractivity contribution in [2.45, 2.75) is 104 Å². The lowest BCUT2D eigenvalue weighted by Crippen LogP contribution is -2.59. The summed E-state index contributed by atoms with van der Waals surface area (Å²) in [5.74, 6) is 0.670. The largest absolute Gasteiger partial charge is 0.434 e. The molecule has 190 valence electrons. The van der Waals surface area contributed by atoms with Crippen molar-refractivity contribution in [3.63, 3.8) is 0 Å². The van der Waals surface area contributed by atoms with Gasteiger partial charge in [-0.2, -0.15) is 0 Å². The molecule has 5 heteroatoms. The van der Waals surface area contributed by atoms with Gasteiger partial charge in [-0.15, -0.1) is 0 Å². The van der Waals surface area contributed by atoms with Gasteiger partial charge in [0, 0.05) is 11.0 Å². The van der Waals surface area contributed by atoms with E-state index in [-0.39, 0.29) is 22.2 Å². The van der Waals surface area contributed by atoms with Crippen molar-refractivity contribution >= 4 is 12.3 Å². The van der Waals surface area contributed by atoms with Crippen molar-refractivity contribution in [3.05, 3.63) is 22.3 Å². The van der Waals surface area contributed by atoms with Gasteiger partial charge in [-0.05, 0) is 93.0 Å². The molecule has 1 heterocycles. The van der Waals surface area contributed by atoms with E-state index in [4.69, 9.17) is 9.47 Å². The number of rotatable bonds is 4. The molecule has 7 aliphatic rings. The first-order valence-corrected chi connectivity index (χ1v) is 13.8. The van der Waals surface area contributed by atoms with Crippen LogP contribution in [0.2, 0.25) is 0 Å². The molecule has 0 bridgehead atoms. The van der Waals surface area contributed by atoms with Crippen LogP contribution < -0.4 is 0 Å². The van der Waals surface area contributed by atoms with Crippen LogP contribution in [-0.2, 0) is 19.1 Å². The third-order valence-corrected chi connectivity index (χ3v) is 12.1. The van der Waals surface area contributed by atoms with E-state index in [1.165, 1.54) is 16.7 Å². The van der Waals surface area contributed by atoms with Gasteiger partial charge in [-0.1, -0.05) is 38.8 Å². The Kier molecular flexibility index (Phi) is 4.10. The Balaban J connectivity index is 1.15. The summed E-state index contributed by atoms with van der Waals surface area (Å²) >= 11 is 0. The lowest BCUT2D eigenvalue weighted by Gasteiger charge is -2.59. The molecular weight excluding hydrogens is 440 g/mol. The predicted molar refractivity (Wildman–Crippen MR) is 130 cm³/mol. The molecule has 35 heavy (non-hydrogen) atoms. The summed E-state index contributed by atoms with van der Waals surface area (Å²) in [6, 6.07) is 0. The summed E-state index contributed by atoms with van der Waals surface area (Å²) in [6.07, 6.45) is 8.85. The standard InChI is InChI=1S/C30H40O5/c1-17-20-13-26(4,9-19(20)10-27(5)6-7-30(17,27)33)16-34-24-29-15-28(29,23(32)35-24)11-18-8-25(2,3)12-21(18)22(29)14-31/h14,18-19,24,33H,6-13,15-16H2,1-5H3. The highest BCUT2D eigenvalue weighted by molar-refractivity contribution is 5.93. The first kappa shape index (κ1) is 22.7. The molecule has 0 aromatic heterocycles. The summed E-state index contributed by atoms with van der Waals surface area (Å²) in [6.45, 7) is 11.7. The molecule has 1 saturated heterocycles. The molecule has 0 aromatic carbocycles. The van der Waals surface area contributed by atoms with E-state index >= 15 is 0 Å². The van der Waals surface area contributed by atoms with E-state index < -0.39 is 22.7 Å². The second kappa shape index (κ2) is 6.32. The number of aldehydes is 1. The average molecular weight is 481 g/mol. The molecule has 4 saturated carbocycles. The molecule has 8 atom stereocenters. The normalized spacial score (nSPS) is 52.7. The van der Waals surface area contributed by atoms with Crippen molar-refractivity contribution in [1.29, 1.82) is 0 Å². The zero-order valence-electron chi connectivity index (χ0n) is 22.0. The first-order chi connectivity index (χ1) is 16.3. The lowest BCUT2D eigenvalue weighted by atomic mass is 9.48. The van der Waals surface area contributed by atoms with Crippen LogP contribution in [0.1, 0.15) is 92.4 Å². The molecule has 1 aliphatic heterocycles. The fourth-order valence-corrected chi connectivity index (χ4v) is 10.1. The van der Waals surface area contributed by atoms with Crippen LogP contribution in [0.25, 0.3) is 0 Å². The molecule has 0 radical (unpaired) electrons. The van der Waals surface area contributed by atoms with Gasteiger partial charge < -0.3 is 14.6 Å². The number of carbonyl (C=O) groups excluding carboxylic acids is 2. The maximum absolute atomic E-state index is 13.2. The van der Waals surface area contributed by atoms with Gasteiger partial charge in [0.2, 0.25) is 6.29 Å². The van der Waals surface area contributed by atoms with Gasteiger partial charge in [0.15, 0.2) is 0 Å². The summed E-state index contributed by atoms with van der Waals surface area (Å²) in [5, 5.41) is 11.4. The lowest BCUT2D eigenvalue weighted by molar-refractivity contribution is -0.183. The van der Waals surface area contributed by atoms with E-state index in [1.807, 2.05) is 0 Å². The molecule has 8 unspecified atom stereocenters. The van der Waals surface area contributed by atoms with Gasteiger partial charge in [-0.3, -0.25) is 9.59 Å². The maximum Gasteiger partial charge on any atom is 0.315 e. The number of ether oxygens (including phenoxy) is 2. The third kappa shape index (κ3) is 2.53. The zero-order chi connectivity index (χ0) is 24.8. The minimum Gasteiger partial charge on any atom is -0.434 e. The number of cyclic esters (lactones) is 1. The Bertz CT molecular complexity index is 1130. The van der Waals surface area contributed by atoms with Crippen LogP contribution in [0.5, 0.6) is 0 Å². The fourth-order valence-electron chi connectivity index (χ4n) is 10.1. The Morgan fingerprint density at radius 2 is 1.77 bits per heavy atom. The highest BCUT2D eigenvalue weighted by Crippen LogP contribution is 2.81. The molecule has 6 aliphatic carbocycles. The van der Waals surface area contributed by atoms with Crippen LogP contribution in [0.4, 0.5) is 0 Å². The Hall–Kier alpha value is -1.46. The fraction of sp³-hybridized carbons (Fsp3) is 0.800. The summed E-state index contributed by atoms with van der Waals surface area (Å²) < 4.78 is 12.5. The number of esters is 1. The highest BCUT2D eigenvalue weighted by Gasteiger charge is 2.85. The Morgan fingerprint density at radius 3 is 2.46 bits per heavy atom. The molecule has 7 rings (SSSR count). The molecule has 1 N–H and O–H groups in total. The summed E-state index contributed by atoms with van der Waals surface area (Å²) in [5.41, 5.74) is 3.09. The van der Waals surface area contributed by atoms with Crippen molar-refractivity contribution < 1.29 is 24.2 Å². The second-order valence-electron chi connectivity index (χ2n) is 14.9. The van der Waals surface area contributed by atoms with Crippen LogP contribution in [0.3, 0.4) is 0 Å². The van der Waals surface area contributed by atoms with Crippen molar-refractivity contribution in [2.24, 2.45) is 38.9 Å². The smallest absolute Gasteiger partial charge is 0.315 e. The Labute approximate surface area is 208 Å². The monoisotopic (exact) mass is 480 g/mol. The minimum absolute atomic E-state index is 0.00363. The molecule has 0 spiro atoms. The van der Waals surface area contributed by atoms with Crippen molar-refractivity contribution in [3.8, 4) is 0 Å². The van der Waals surface area contributed by atoms with Gasteiger partial charge >= 0.3 is 5.97 Å². The quantitative estimate of drug-likeness (QED) is 0.337. The minimum atomic E-state index is -0.653. The van der Waals surface area contributed by atoms with E-state index in [0.717, 1.165) is 63.2 Å². The van der Waals surface area contributed by atoms with Crippen molar-refractivity contribution in [1.82, 2.24) is 0 Å². The van der Waals surface area contributed by atoms with Crippen LogP contribution in [0, 0.1) is 38.9 Å². The third-order valence-electron chi connectivity index (χ3n) is 12.1. The van der Waals surface area contributed by atoms with Crippen molar-refractivity contribution in [2.75, 3.05) is 6.61 Å². The number of hydrogen-bond donors (Lipinski definition) is 1. The Morgan fingerprint density at radius 1 is 1.03 bits per heavy atom. The van der Waals surface area contributed by atoms with Gasteiger partial charge in [0.1, 0.15) is 6.29 Å². The SMILES string of the molecule is CC1=C2CC(C)(COC3OC(=O)C45CC6CC(C)(C)CC6=C(C=O)C34C5)CC2CC2(C)CCC12O. The number of fused-ring (bicyclic) bond motifs is 3. The zero-order valence-corrected chi connectivity index (χ0v) is 22.0. The average Bonchev–Trinajstić information content (AvgIpc) is 3.09. The van der Waals surface area contributed by atoms with E-state index in [2.05, 4.69) is 34.6 Å². The number of aliphatic hydroxyl groups is 1. The van der Waals surface area contributed by atoms with E-state index in [0.29, 0.717) is 24.9 Å². The molecule has 0 amide bonds. The molecular formula is C30H40O5. The van der Waals surface area contributed by atoms with Crippen LogP contribution in [0.15, 0.2) is 22.3 Å². The first-order valence-electron chi connectivity index (χ1n) is 13.8. The number of allylic oxidation sites excluding steroid dienone is 2. The van der Waals surface area contributed by atoms with Gasteiger partial charge in [0.25, 0.3) is 0 Å². The number of hydrogen-bond acceptors (Lipinski definition) is 5. The second-order valence-corrected chi connectivity index (χ2v) is 14.9. The van der Waals surface area contributed by atoms with Gasteiger partial charge in [0.05, 0.1) is 23.0 Å². The highest BCUT2D eigenvalue weighted by atomic mass is 16.7. The summed E-state index contributed by atoms with van der Waals surface area (Å²) in [4.78, 5) is 25.7. The van der Waals surface area contributed by atoms with Gasteiger partial charge in [-0.25, -0.2) is 0 Å². The number of carbonyl (C=O) groups is 2. The molecule has 5 nitrogen and oxygen atoms in total. The summed E-state index contributed by atoms with van der Waals surface area (Å²) in [7, 11) is 0. The topological polar surface area (TPSA) is 72.8 Å².